The standard InChI is InChI=1S/C6H14NO6PS/c7-5(6(8)9)4-15(13)3-1-2-14(10,11)12/h5H,1-4,7H2,(H,8,9)(H2,10,11,12). The number of carboxylic acid groups (broad SMARTS) is 1. The van der Waals surface area contributed by atoms with Crippen LogP contribution in [0.3, 0.4) is 0 Å². The van der Waals surface area contributed by atoms with Crippen molar-refractivity contribution in [2.45, 2.75) is 12.5 Å². The molecule has 0 saturated heterocycles. The van der Waals surface area contributed by atoms with E-state index in [9.17, 15) is 13.9 Å². The molecule has 0 rings (SSSR count). The average Bonchev–Trinajstić information content (AvgIpc) is 2.01. The van der Waals surface area contributed by atoms with E-state index in [1.165, 1.54) is 0 Å². The largest absolute Gasteiger partial charge is 0.616 e. The molecule has 0 aliphatic carbocycles. The molecule has 0 saturated carbocycles. The molecule has 0 fully saturated rings. The summed E-state index contributed by atoms with van der Waals surface area (Å²) in [6.07, 6.45) is -0.260. The first kappa shape index (κ1) is 14.9. The average molecular weight is 259 g/mol. The van der Waals surface area contributed by atoms with Gasteiger partial charge in [0.05, 0.1) is 6.16 Å². The van der Waals surface area contributed by atoms with Gasteiger partial charge in [0.25, 0.3) is 0 Å². The van der Waals surface area contributed by atoms with Crippen molar-refractivity contribution >= 4 is 24.7 Å². The van der Waals surface area contributed by atoms with Crippen LogP contribution in [0, 0.1) is 0 Å². The van der Waals surface area contributed by atoms with Crippen LogP contribution in [-0.4, -0.2) is 49.1 Å². The van der Waals surface area contributed by atoms with Crippen LogP contribution in [0.4, 0.5) is 0 Å². The zero-order chi connectivity index (χ0) is 12.1. The fraction of sp³-hybridized carbons (Fsp3) is 0.833. The predicted molar refractivity (Wildman–Crippen MR) is 55.0 cm³/mol. The van der Waals surface area contributed by atoms with Gasteiger partial charge in [-0.05, 0) is 0 Å². The molecular formula is C6H14NO6PS. The molecule has 9 heteroatoms. The minimum atomic E-state index is -4.06. The van der Waals surface area contributed by atoms with Crippen molar-refractivity contribution in [3.63, 3.8) is 0 Å². The van der Waals surface area contributed by atoms with Crippen molar-refractivity contribution in [1.29, 1.82) is 0 Å². The number of hydrogen-bond donors (Lipinski definition) is 4. The molecule has 0 aromatic rings. The monoisotopic (exact) mass is 259 g/mol. The molecule has 0 amide bonds. The third-order valence-corrected chi connectivity index (χ3v) is 3.88. The highest BCUT2D eigenvalue weighted by Gasteiger charge is 2.20. The van der Waals surface area contributed by atoms with Crippen molar-refractivity contribution in [3.05, 3.63) is 0 Å². The van der Waals surface area contributed by atoms with Crippen molar-refractivity contribution < 1.29 is 28.8 Å². The molecule has 5 N–H and O–H groups in total. The molecule has 0 aromatic carbocycles. The molecule has 0 aromatic heterocycles. The maximum absolute atomic E-state index is 11.2. The summed E-state index contributed by atoms with van der Waals surface area (Å²) in [7, 11) is -4.06. The van der Waals surface area contributed by atoms with Crippen LogP contribution in [0.25, 0.3) is 0 Å². The Labute approximate surface area is 90.0 Å². The van der Waals surface area contributed by atoms with E-state index in [0.29, 0.717) is 0 Å². The molecule has 90 valence electrons. The van der Waals surface area contributed by atoms with E-state index in [1.807, 2.05) is 0 Å². The third-order valence-electron chi connectivity index (χ3n) is 1.50. The molecule has 2 atom stereocenters. The first-order valence-electron chi connectivity index (χ1n) is 4.10. The summed E-state index contributed by atoms with van der Waals surface area (Å²) in [6, 6.07) is -1.19. The van der Waals surface area contributed by atoms with Crippen molar-refractivity contribution in [1.82, 2.24) is 0 Å². The number of carbonyl (C=O) groups is 1. The predicted octanol–water partition coefficient (Wildman–Crippen LogP) is -1.29. The van der Waals surface area contributed by atoms with Gasteiger partial charge in [0, 0.05) is 6.42 Å². The van der Waals surface area contributed by atoms with Gasteiger partial charge in [0.1, 0.15) is 17.5 Å². The van der Waals surface area contributed by atoms with Crippen LogP contribution in [0.1, 0.15) is 6.42 Å². The molecule has 0 aliphatic heterocycles. The van der Waals surface area contributed by atoms with E-state index in [4.69, 9.17) is 20.6 Å². The van der Waals surface area contributed by atoms with Gasteiger partial charge < -0.3 is 25.2 Å². The minimum absolute atomic E-state index is 0.0477. The van der Waals surface area contributed by atoms with E-state index in [1.54, 1.807) is 0 Å². The molecule has 0 bridgehead atoms. The van der Waals surface area contributed by atoms with Gasteiger partial charge in [-0.1, -0.05) is 11.2 Å². The number of rotatable bonds is 7. The van der Waals surface area contributed by atoms with Gasteiger partial charge in [0.2, 0.25) is 0 Å². The fourth-order valence-electron chi connectivity index (χ4n) is 0.786. The summed E-state index contributed by atoms with van der Waals surface area (Å²) in [5.74, 6) is -1.39. The normalized spacial score (nSPS) is 16.0. The SMILES string of the molecule is NC(C[S+]([O-])CCCP(=O)(O)O)C(=O)O. The Balaban J connectivity index is 3.71. The molecular weight excluding hydrogens is 245 g/mol. The Morgan fingerprint density at radius 3 is 2.47 bits per heavy atom. The first-order chi connectivity index (χ1) is 6.72. The van der Waals surface area contributed by atoms with Crippen LogP contribution in [-0.2, 0) is 20.5 Å². The lowest BCUT2D eigenvalue weighted by Gasteiger charge is -2.13. The minimum Gasteiger partial charge on any atom is -0.616 e. The van der Waals surface area contributed by atoms with Gasteiger partial charge >= 0.3 is 13.6 Å². The second-order valence-corrected chi connectivity index (χ2v) is 6.40. The molecule has 7 nitrogen and oxygen atoms in total. The van der Waals surface area contributed by atoms with Crippen molar-refractivity contribution in [2.24, 2.45) is 5.73 Å². The van der Waals surface area contributed by atoms with Crippen LogP contribution >= 0.6 is 7.60 Å². The van der Waals surface area contributed by atoms with Crippen LogP contribution < -0.4 is 5.73 Å². The summed E-state index contributed by atoms with van der Waals surface area (Å²) in [6.45, 7) is 0. The van der Waals surface area contributed by atoms with E-state index < -0.39 is 30.8 Å². The van der Waals surface area contributed by atoms with E-state index in [0.717, 1.165) is 0 Å². The van der Waals surface area contributed by atoms with E-state index in [-0.39, 0.29) is 24.1 Å². The quantitative estimate of drug-likeness (QED) is 0.329. The lowest BCUT2D eigenvalue weighted by Crippen LogP contribution is -2.38. The summed E-state index contributed by atoms with van der Waals surface area (Å²) >= 11 is -1.45. The van der Waals surface area contributed by atoms with E-state index in [2.05, 4.69) is 0 Å². The Hall–Kier alpha value is -0.110. The highest BCUT2D eigenvalue weighted by molar-refractivity contribution is 7.91. The molecule has 0 aliphatic rings. The number of aliphatic carboxylic acids is 1. The summed E-state index contributed by atoms with van der Waals surface area (Å²) in [5.41, 5.74) is 5.13. The highest BCUT2D eigenvalue weighted by atomic mass is 32.2. The van der Waals surface area contributed by atoms with Crippen LogP contribution in [0.15, 0.2) is 0 Å². The van der Waals surface area contributed by atoms with Crippen molar-refractivity contribution in [3.8, 4) is 0 Å². The summed E-state index contributed by atoms with van der Waals surface area (Å²) in [4.78, 5) is 27.3. The van der Waals surface area contributed by atoms with Gasteiger partial charge in [-0.2, -0.15) is 0 Å². The van der Waals surface area contributed by atoms with Gasteiger partial charge in [-0.25, -0.2) is 0 Å². The summed E-state index contributed by atoms with van der Waals surface area (Å²) < 4.78 is 21.6. The van der Waals surface area contributed by atoms with Crippen molar-refractivity contribution in [2.75, 3.05) is 17.7 Å². The van der Waals surface area contributed by atoms with E-state index >= 15 is 0 Å². The zero-order valence-electron chi connectivity index (χ0n) is 7.90. The number of hydrogen-bond acceptors (Lipinski definition) is 4. The van der Waals surface area contributed by atoms with Crippen LogP contribution in [0.2, 0.25) is 0 Å². The maximum atomic E-state index is 11.2. The number of carboxylic acids is 1. The molecule has 0 heterocycles. The number of nitrogens with two attached hydrogens (primary N) is 1. The van der Waals surface area contributed by atoms with Gasteiger partial charge in [-0.15, -0.1) is 0 Å². The molecule has 0 radical (unpaired) electrons. The molecule has 2 unspecified atom stereocenters. The Kier molecular flexibility index (Phi) is 6.42. The lowest BCUT2D eigenvalue weighted by atomic mass is 10.4. The fourth-order valence-corrected chi connectivity index (χ4v) is 2.75. The zero-order valence-corrected chi connectivity index (χ0v) is 9.62. The Morgan fingerprint density at radius 1 is 1.53 bits per heavy atom. The second-order valence-electron chi connectivity index (χ2n) is 3.00. The van der Waals surface area contributed by atoms with Crippen LogP contribution in [0.5, 0.6) is 0 Å². The summed E-state index contributed by atoms with van der Waals surface area (Å²) in [5, 5.41) is 8.40. The van der Waals surface area contributed by atoms with Gasteiger partial charge in [-0.3, -0.25) is 9.36 Å². The Bertz CT molecular complexity index is 256. The molecule has 0 spiro atoms. The first-order valence-corrected chi connectivity index (χ1v) is 7.39. The smallest absolute Gasteiger partial charge is 0.325 e. The maximum Gasteiger partial charge on any atom is 0.325 e. The topological polar surface area (TPSA) is 144 Å². The molecule has 15 heavy (non-hydrogen) atoms. The third kappa shape index (κ3) is 8.86. The second kappa shape index (κ2) is 6.47. The lowest BCUT2D eigenvalue weighted by molar-refractivity contribution is -0.137. The highest BCUT2D eigenvalue weighted by Crippen LogP contribution is 2.34. The Morgan fingerprint density at radius 2 is 2.07 bits per heavy atom. The van der Waals surface area contributed by atoms with Gasteiger partial charge in [0.15, 0.2) is 0 Å².